The third-order valence-electron chi connectivity index (χ3n) is 4.40. The second kappa shape index (κ2) is 7.69. The summed E-state index contributed by atoms with van der Waals surface area (Å²) in [6.07, 6.45) is 0. The summed E-state index contributed by atoms with van der Waals surface area (Å²) in [5.41, 5.74) is 2.81. The molecule has 4 rings (SSSR count). The van der Waals surface area contributed by atoms with Crippen molar-refractivity contribution in [2.75, 3.05) is 18.9 Å². The zero-order valence-corrected chi connectivity index (χ0v) is 17.2. The molecule has 0 fully saturated rings. The average Bonchev–Trinajstić information content (AvgIpc) is 3.25. The lowest BCUT2D eigenvalue weighted by Gasteiger charge is -2.04. The zero-order valence-electron chi connectivity index (χ0n) is 15.6. The molecule has 0 aliphatic rings. The molecular weight excluding hydrogens is 412 g/mol. The number of hydrogen-bond donors (Lipinski definition) is 3. The zero-order chi connectivity index (χ0) is 20.5. The molecule has 0 saturated carbocycles. The Labute approximate surface area is 174 Å². The summed E-state index contributed by atoms with van der Waals surface area (Å²) in [5.74, 6) is 0.00709. The van der Waals surface area contributed by atoms with Crippen LogP contribution in [0.3, 0.4) is 0 Å². The lowest BCUT2D eigenvalue weighted by atomic mass is 10.2. The first-order chi connectivity index (χ1) is 13.9. The van der Waals surface area contributed by atoms with Gasteiger partial charge in [-0.2, -0.15) is 0 Å². The van der Waals surface area contributed by atoms with Crippen molar-refractivity contribution in [3.63, 3.8) is 0 Å². The second-order valence-corrected chi connectivity index (χ2v) is 7.78. The van der Waals surface area contributed by atoms with E-state index in [9.17, 15) is 9.59 Å². The Morgan fingerprint density at radius 3 is 2.76 bits per heavy atom. The van der Waals surface area contributed by atoms with Gasteiger partial charge >= 0.3 is 0 Å². The fraction of sp³-hybridized carbons (Fsp3) is 0.158. The minimum atomic E-state index is -0.335. The monoisotopic (exact) mass is 428 g/mol. The van der Waals surface area contributed by atoms with Gasteiger partial charge in [0.2, 0.25) is 11.9 Å². The highest BCUT2D eigenvalue weighted by atomic mass is 35.5. The molecule has 2 amide bonds. The SMILES string of the molecule is CNC(=O)CNC(=O)c1ccc2c(c1)nc(Nc1nc3ccc(Cl)cc3s1)n2C. The Hall–Kier alpha value is -3.17. The smallest absolute Gasteiger partial charge is 0.251 e. The molecule has 0 aliphatic heterocycles. The number of benzene rings is 2. The Bertz CT molecular complexity index is 1250. The van der Waals surface area contributed by atoms with Crippen LogP contribution in [0.2, 0.25) is 5.02 Å². The van der Waals surface area contributed by atoms with E-state index in [4.69, 9.17) is 11.6 Å². The number of aryl methyl sites for hydroxylation is 1. The number of aromatic nitrogens is 3. The van der Waals surface area contributed by atoms with Gasteiger partial charge in [0.1, 0.15) is 0 Å². The molecule has 29 heavy (non-hydrogen) atoms. The molecule has 8 nitrogen and oxygen atoms in total. The fourth-order valence-electron chi connectivity index (χ4n) is 2.85. The maximum Gasteiger partial charge on any atom is 0.251 e. The number of fused-ring (bicyclic) bond motifs is 2. The maximum atomic E-state index is 12.3. The quantitative estimate of drug-likeness (QED) is 0.453. The summed E-state index contributed by atoms with van der Waals surface area (Å²) in [5, 5.41) is 9.63. The van der Waals surface area contributed by atoms with Crippen LogP contribution in [0.5, 0.6) is 0 Å². The standard InChI is InChI=1S/C19H17ClN6O2S/c1-21-16(27)9-22-17(28)10-3-6-14-13(7-10)23-18(26(14)2)25-19-24-12-5-4-11(20)8-15(12)29-19/h3-8H,9H2,1-2H3,(H,21,27)(H,22,28)(H,23,24,25). The van der Waals surface area contributed by atoms with Crippen molar-refractivity contribution in [3.05, 3.63) is 47.0 Å². The summed E-state index contributed by atoms with van der Waals surface area (Å²) >= 11 is 7.52. The van der Waals surface area contributed by atoms with E-state index < -0.39 is 0 Å². The van der Waals surface area contributed by atoms with Crippen LogP contribution in [-0.2, 0) is 11.8 Å². The summed E-state index contributed by atoms with van der Waals surface area (Å²) in [7, 11) is 3.40. The van der Waals surface area contributed by atoms with Crippen molar-refractivity contribution < 1.29 is 9.59 Å². The molecule has 4 aromatic rings. The molecular formula is C19H17ClN6O2S. The number of imidazole rings is 1. The molecule has 0 saturated heterocycles. The van der Waals surface area contributed by atoms with Gasteiger partial charge in [0, 0.05) is 24.7 Å². The fourth-order valence-corrected chi connectivity index (χ4v) is 3.99. The highest BCUT2D eigenvalue weighted by Gasteiger charge is 2.14. The number of halogens is 1. The number of nitrogens with one attached hydrogen (secondary N) is 3. The topological polar surface area (TPSA) is 101 Å². The van der Waals surface area contributed by atoms with Crippen molar-refractivity contribution in [2.45, 2.75) is 0 Å². The van der Waals surface area contributed by atoms with Crippen LogP contribution < -0.4 is 16.0 Å². The Morgan fingerprint density at radius 1 is 1.14 bits per heavy atom. The molecule has 3 N–H and O–H groups in total. The van der Waals surface area contributed by atoms with E-state index in [1.165, 1.54) is 18.4 Å². The van der Waals surface area contributed by atoms with Crippen LogP contribution in [0.25, 0.3) is 21.3 Å². The lowest BCUT2D eigenvalue weighted by Crippen LogP contribution is -2.35. The number of hydrogen-bond acceptors (Lipinski definition) is 6. The lowest BCUT2D eigenvalue weighted by molar-refractivity contribution is -0.119. The largest absolute Gasteiger partial charge is 0.358 e. The number of thiazole rings is 1. The average molecular weight is 429 g/mol. The molecule has 0 atom stereocenters. The normalized spacial score (nSPS) is 11.0. The number of amides is 2. The van der Waals surface area contributed by atoms with E-state index in [-0.39, 0.29) is 18.4 Å². The molecule has 0 aliphatic carbocycles. The number of nitrogens with zero attached hydrogens (tertiary/aromatic N) is 3. The van der Waals surface area contributed by atoms with Crippen LogP contribution in [-0.4, -0.2) is 39.9 Å². The Morgan fingerprint density at radius 2 is 1.97 bits per heavy atom. The van der Waals surface area contributed by atoms with E-state index in [1.54, 1.807) is 18.2 Å². The van der Waals surface area contributed by atoms with Gasteiger partial charge in [-0.05, 0) is 36.4 Å². The molecule has 2 aromatic carbocycles. The van der Waals surface area contributed by atoms with E-state index >= 15 is 0 Å². The van der Waals surface area contributed by atoms with E-state index in [0.29, 0.717) is 27.2 Å². The molecule has 0 bridgehead atoms. The van der Waals surface area contributed by atoms with Crippen LogP contribution >= 0.6 is 22.9 Å². The predicted octanol–water partition coefficient (Wildman–Crippen LogP) is 3.06. The van der Waals surface area contributed by atoms with E-state index in [2.05, 4.69) is 25.9 Å². The van der Waals surface area contributed by atoms with Crippen LogP contribution in [0, 0.1) is 0 Å². The van der Waals surface area contributed by atoms with Crippen molar-refractivity contribution in [1.29, 1.82) is 0 Å². The molecule has 148 valence electrons. The highest BCUT2D eigenvalue weighted by Crippen LogP contribution is 2.30. The van der Waals surface area contributed by atoms with Gasteiger partial charge < -0.3 is 20.5 Å². The summed E-state index contributed by atoms with van der Waals surface area (Å²) in [4.78, 5) is 32.7. The van der Waals surface area contributed by atoms with E-state index in [1.807, 2.05) is 29.8 Å². The van der Waals surface area contributed by atoms with Crippen molar-refractivity contribution >= 4 is 67.1 Å². The van der Waals surface area contributed by atoms with Crippen molar-refractivity contribution in [1.82, 2.24) is 25.2 Å². The minimum Gasteiger partial charge on any atom is -0.358 e. The summed E-state index contributed by atoms with van der Waals surface area (Å²) < 4.78 is 2.87. The van der Waals surface area contributed by atoms with Gasteiger partial charge in [0.15, 0.2) is 5.13 Å². The summed E-state index contributed by atoms with van der Waals surface area (Å²) in [6, 6.07) is 10.8. The third kappa shape index (κ3) is 3.87. The molecule has 10 heteroatoms. The molecule has 2 aromatic heterocycles. The van der Waals surface area contributed by atoms with Gasteiger partial charge in [-0.25, -0.2) is 9.97 Å². The second-order valence-electron chi connectivity index (χ2n) is 6.31. The van der Waals surface area contributed by atoms with Crippen molar-refractivity contribution in [2.24, 2.45) is 7.05 Å². The molecule has 2 heterocycles. The molecule has 0 unspecified atom stereocenters. The number of carbonyl (C=O) groups excluding carboxylic acids is 2. The number of carbonyl (C=O) groups is 2. The number of likely N-dealkylation sites (N-methyl/N-ethyl adjacent to an activating group) is 1. The maximum absolute atomic E-state index is 12.3. The summed E-state index contributed by atoms with van der Waals surface area (Å²) in [6.45, 7) is -0.0793. The van der Waals surface area contributed by atoms with Gasteiger partial charge in [-0.3, -0.25) is 9.59 Å². The molecule has 0 spiro atoms. The Balaban J connectivity index is 1.59. The van der Waals surface area contributed by atoms with Gasteiger partial charge in [0.25, 0.3) is 5.91 Å². The number of rotatable bonds is 5. The highest BCUT2D eigenvalue weighted by molar-refractivity contribution is 7.22. The van der Waals surface area contributed by atoms with Crippen molar-refractivity contribution in [3.8, 4) is 0 Å². The first kappa shape index (κ1) is 19.2. The van der Waals surface area contributed by atoms with E-state index in [0.717, 1.165) is 15.7 Å². The van der Waals surface area contributed by atoms with Crippen LogP contribution in [0.1, 0.15) is 10.4 Å². The van der Waals surface area contributed by atoms with Gasteiger partial charge in [-0.1, -0.05) is 22.9 Å². The minimum absolute atomic E-state index is 0.0793. The Kier molecular flexibility index (Phi) is 5.08. The third-order valence-corrected chi connectivity index (χ3v) is 5.57. The molecule has 0 radical (unpaired) electrons. The van der Waals surface area contributed by atoms with Gasteiger partial charge in [0.05, 0.1) is 27.8 Å². The number of anilines is 2. The first-order valence-electron chi connectivity index (χ1n) is 8.73. The predicted molar refractivity (Wildman–Crippen MR) is 115 cm³/mol. The first-order valence-corrected chi connectivity index (χ1v) is 9.92. The van der Waals surface area contributed by atoms with Crippen LogP contribution in [0.15, 0.2) is 36.4 Å². The van der Waals surface area contributed by atoms with Gasteiger partial charge in [-0.15, -0.1) is 0 Å². The van der Waals surface area contributed by atoms with Crippen LogP contribution in [0.4, 0.5) is 11.1 Å².